The minimum Gasteiger partial charge on any atom is -0.469 e. The van der Waals surface area contributed by atoms with Crippen molar-refractivity contribution in [3.8, 4) is 17.1 Å². The van der Waals surface area contributed by atoms with Crippen molar-refractivity contribution >= 4 is 23.6 Å². The van der Waals surface area contributed by atoms with Gasteiger partial charge in [-0.15, -0.1) is 0 Å². The monoisotopic (exact) mass is 567 g/mol. The molecule has 41 heavy (non-hydrogen) atoms. The lowest BCUT2D eigenvalue weighted by molar-refractivity contribution is 0.0297. The third-order valence-electron chi connectivity index (χ3n) is 8.07. The van der Waals surface area contributed by atoms with E-state index in [4.69, 9.17) is 19.4 Å². The lowest BCUT2D eigenvalue weighted by Gasteiger charge is -2.33. The van der Waals surface area contributed by atoms with Crippen LogP contribution >= 0.6 is 0 Å². The molecule has 220 valence electrons. The average molecular weight is 568 g/mol. The quantitative estimate of drug-likeness (QED) is 0.487. The Labute approximate surface area is 239 Å². The Balaban J connectivity index is 1.43. The predicted octanol–water partition coefficient (Wildman–Crippen LogP) is 3.16. The summed E-state index contributed by atoms with van der Waals surface area (Å²) in [5, 5.41) is 8.59. The van der Waals surface area contributed by atoms with Crippen molar-refractivity contribution in [2.24, 2.45) is 0 Å². The van der Waals surface area contributed by atoms with Crippen LogP contribution in [0, 0.1) is 5.82 Å². The lowest BCUT2D eigenvalue weighted by Crippen LogP contribution is -2.47. The normalized spacial score (nSPS) is 25.0. The highest BCUT2D eigenvalue weighted by Crippen LogP contribution is 2.38. The maximum absolute atomic E-state index is 15.3. The zero-order chi connectivity index (χ0) is 28.7. The summed E-state index contributed by atoms with van der Waals surface area (Å²) in [5.74, 6) is -0.252. The largest absolute Gasteiger partial charge is 0.469 e. The standard InChI is InChI=1S/C29H38FN7O4/c1-4-31-28(39)33-22-10-7-17(12-21(22)30)24-23-25(35-27(34-24)36-14-19-8-9-20(15-36)40-19)41-29(2,3)16-37(26(23)38)13-18-6-5-11-32-18/h7,10,12,18-20,32H,4-6,8-9,11,13-16H2,1-3H3,(H2,31,33,39)/t18-,19?,20?/m0/s1. The highest BCUT2D eigenvalue weighted by Gasteiger charge is 2.40. The summed E-state index contributed by atoms with van der Waals surface area (Å²) in [7, 11) is 0. The van der Waals surface area contributed by atoms with Crippen LogP contribution in [-0.4, -0.2) is 89.9 Å². The molecule has 5 heterocycles. The Morgan fingerprint density at radius 2 is 1.98 bits per heavy atom. The number of hydrogen-bond donors (Lipinski definition) is 3. The number of fused-ring (bicyclic) bond motifs is 3. The van der Waals surface area contributed by atoms with Gasteiger partial charge in [-0.1, -0.05) is 6.07 Å². The highest BCUT2D eigenvalue weighted by atomic mass is 19.1. The van der Waals surface area contributed by atoms with E-state index in [2.05, 4.69) is 20.9 Å². The van der Waals surface area contributed by atoms with Crippen LogP contribution in [-0.2, 0) is 4.74 Å². The van der Waals surface area contributed by atoms with Crippen molar-refractivity contribution in [3.05, 3.63) is 29.6 Å². The first-order valence-electron chi connectivity index (χ1n) is 14.6. The van der Waals surface area contributed by atoms with E-state index in [1.54, 1.807) is 17.9 Å². The van der Waals surface area contributed by atoms with E-state index in [1.807, 2.05) is 13.8 Å². The number of rotatable bonds is 6. The second kappa shape index (κ2) is 11.1. The number of nitrogens with zero attached hydrogens (tertiary/aromatic N) is 4. The molecule has 3 atom stereocenters. The van der Waals surface area contributed by atoms with Gasteiger partial charge in [-0.05, 0) is 65.1 Å². The number of halogens is 1. The zero-order valence-corrected chi connectivity index (χ0v) is 23.8. The SMILES string of the molecule is CCNC(=O)Nc1ccc(-c2nc(N3CC4CCC(C3)O4)nc3c2C(=O)N(C[C@@H]2CCCN2)CC(C)(C)O3)cc1F. The number of ether oxygens (including phenoxy) is 2. The molecule has 4 aliphatic rings. The van der Waals surface area contributed by atoms with Gasteiger partial charge in [0.25, 0.3) is 5.91 Å². The molecule has 0 aliphatic carbocycles. The van der Waals surface area contributed by atoms with E-state index in [1.165, 1.54) is 12.1 Å². The molecule has 0 saturated carbocycles. The van der Waals surface area contributed by atoms with Gasteiger partial charge in [0.15, 0.2) is 0 Å². The lowest BCUT2D eigenvalue weighted by atomic mass is 10.0. The van der Waals surface area contributed by atoms with Crippen LogP contribution in [0.4, 0.5) is 20.8 Å². The minimum atomic E-state index is -0.710. The fourth-order valence-electron chi connectivity index (χ4n) is 6.22. The smallest absolute Gasteiger partial charge is 0.319 e. The number of benzene rings is 1. The zero-order valence-electron chi connectivity index (χ0n) is 23.8. The van der Waals surface area contributed by atoms with Gasteiger partial charge < -0.3 is 35.2 Å². The molecule has 2 unspecified atom stereocenters. The van der Waals surface area contributed by atoms with E-state index >= 15 is 4.39 Å². The summed E-state index contributed by atoms with van der Waals surface area (Å²) in [5.41, 5.74) is 0.243. The van der Waals surface area contributed by atoms with Crippen LogP contribution in [0.5, 0.6) is 5.88 Å². The first-order chi connectivity index (χ1) is 19.7. The van der Waals surface area contributed by atoms with Crippen LogP contribution in [0.3, 0.4) is 0 Å². The van der Waals surface area contributed by atoms with Crippen molar-refractivity contribution in [1.29, 1.82) is 0 Å². The van der Waals surface area contributed by atoms with E-state index in [0.717, 1.165) is 32.2 Å². The maximum Gasteiger partial charge on any atom is 0.319 e. The van der Waals surface area contributed by atoms with Crippen LogP contribution < -0.4 is 25.6 Å². The molecule has 1 aromatic heterocycles. The van der Waals surface area contributed by atoms with Gasteiger partial charge in [0.2, 0.25) is 11.8 Å². The topological polar surface area (TPSA) is 121 Å². The van der Waals surface area contributed by atoms with Crippen LogP contribution in [0.2, 0.25) is 0 Å². The van der Waals surface area contributed by atoms with Gasteiger partial charge in [0.1, 0.15) is 17.0 Å². The molecule has 2 aromatic rings. The Morgan fingerprint density at radius 3 is 2.66 bits per heavy atom. The molecule has 3 N–H and O–H groups in total. The third-order valence-corrected chi connectivity index (χ3v) is 8.07. The van der Waals surface area contributed by atoms with Gasteiger partial charge in [-0.3, -0.25) is 4.79 Å². The molecule has 2 bridgehead atoms. The first kappa shape index (κ1) is 27.6. The molecule has 0 spiro atoms. The van der Waals surface area contributed by atoms with E-state index < -0.39 is 17.4 Å². The first-order valence-corrected chi connectivity index (χ1v) is 14.6. The number of morpholine rings is 1. The fraction of sp³-hybridized carbons (Fsp3) is 0.586. The third kappa shape index (κ3) is 5.80. The van der Waals surface area contributed by atoms with E-state index in [-0.39, 0.29) is 41.3 Å². The van der Waals surface area contributed by atoms with Crippen LogP contribution in [0.25, 0.3) is 11.3 Å². The number of nitrogens with one attached hydrogen (secondary N) is 3. The van der Waals surface area contributed by atoms with Crippen LogP contribution in [0.15, 0.2) is 18.2 Å². The van der Waals surface area contributed by atoms with Crippen molar-refractivity contribution in [2.45, 2.75) is 70.3 Å². The summed E-state index contributed by atoms with van der Waals surface area (Å²) < 4.78 is 27.8. The number of hydrogen-bond acceptors (Lipinski definition) is 8. The molecule has 0 radical (unpaired) electrons. The number of anilines is 2. The highest BCUT2D eigenvalue weighted by molar-refractivity contribution is 6.03. The summed E-state index contributed by atoms with van der Waals surface area (Å²) in [6.07, 6.45) is 4.23. The minimum absolute atomic E-state index is 0.0301. The number of carbonyl (C=O) groups excluding carboxylic acids is 2. The molecule has 3 fully saturated rings. The maximum atomic E-state index is 15.3. The Bertz CT molecular complexity index is 1320. The Morgan fingerprint density at radius 1 is 1.20 bits per heavy atom. The van der Waals surface area contributed by atoms with Crippen molar-refractivity contribution < 1.29 is 23.5 Å². The molecular weight excluding hydrogens is 529 g/mol. The average Bonchev–Trinajstić information content (AvgIpc) is 3.54. The molecule has 1 aromatic carbocycles. The van der Waals surface area contributed by atoms with Gasteiger partial charge in [-0.25, -0.2) is 14.2 Å². The number of urea groups is 1. The number of aromatic nitrogens is 2. The molecule has 6 rings (SSSR count). The molecule has 12 heteroatoms. The predicted molar refractivity (Wildman–Crippen MR) is 152 cm³/mol. The van der Waals surface area contributed by atoms with Gasteiger partial charge in [-0.2, -0.15) is 4.98 Å². The van der Waals surface area contributed by atoms with E-state index in [0.29, 0.717) is 49.9 Å². The molecule has 3 saturated heterocycles. The van der Waals surface area contributed by atoms with Crippen LogP contribution in [0.1, 0.15) is 56.8 Å². The number of amides is 3. The van der Waals surface area contributed by atoms with Crippen molar-refractivity contribution in [3.63, 3.8) is 0 Å². The molecule has 11 nitrogen and oxygen atoms in total. The van der Waals surface area contributed by atoms with Crippen molar-refractivity contribution in [2.75, 3.05) is 49.5 Å². The Kier molecular flexibility index (Phi) is 7.45. The number of carbonyl (C=O) groups is 2. The Hall–Kier alpha value is -3.51. The second-order valence-corrected chi connectivity index (χ2v) is 11.9. The second-order valence-electron chi connectivity index (χ2n) is 11.9. The summed E-state index contributed by atoms with van der Waals surface area (Å²) in [4.78, 5) is 39.8. The molecule has 3 amide bonds. The van der Waals surface area contributed by atoms with Gasteiger partial charge in [0, 0.05) is 37.8 Å². The van der Waals surface area contributed by atoms with Crippen molar-refractivity contribution in [1.82, 2.24) is 25.5 Å². The summed E-state index contributed by atoms with van der Waals surface area (Å²) >= 11 is 0. The molecule has 4 aliphatic heterocycles. The van der Waals surface area contributed by atoms with Gasteiger partial charge >= 0.3 is 6.03 Å². The summed E-state index contributed by atoms with van der Waals surface area (Å²) in [6.45, 7) is 9.19. The van der Waals surface area contributed by atoms with E-state index in [9.17, 15) is 9.59 Å². The fourth-order valence-corrected chi connectivity index (χ4v) is 6.22. The van der Waals surface area contributed by atoms with Gasteiger partial charge in [0.05, 0.1) is 30.1 Å². The molecular formula is C29H38FN7O4. The summed E-state index contributed by atoms with van der Waals surface area (Å²) in [6, 6.07) is 4.13.